The Hall–Kier alpha value is -3.79. The van der Waals surface area contributed by atoms with Gasteiger partial charge in [-0.2, -0.15) is 0 Å². The summed E-state index contributed by atoms with van der Waals surface area (Å²) in [5.41, 5.74) is 10.5. The maximum absolute atomic E-state index is 14.4. The number of H-pyrrole nitrogens is 1. The Balaban J connectivity index is 1.51. The van der Waals surface area contributed by atoms with E-state index in [9.17, 15) is 18.0 Å². The molecule has 0 unspecified atom stereocenters. The van der Waals surface area contributed by atoms with Crippen LogP contribution in [0.15, 0.2) is 29.6 Å². The number of rotatable bonds is 8. The molecule has 2 aliphatic carbocycles. The molecule has 1 amide bonds. The number of azide groups is 1. The first-order chi connectivity index (χ1) is 17.4. The highest BCUT2D eigenvalue weighted by molar-refractivity contribution is 6.09. The van der Waals surface area contributed by atoms with Gasteiger partial charge in [-0.15, -0.1) is 0 Å². The second kappa shape index (κ2) is 9.69. The van der Waals surface area contributed by atoms with Gasteiger partial charge in [0.15, 0.2) is 0 Å². The molecule has 2 fully saturated rings. The van der Waals surface area contributed by atoms with Crippen molar-refractivity contribution in [1.29, 1.82) is 0 Å². The van der Waals surface area contributed by atoms with Crippen LogP contribution in [-0.2, 0) is 0 Å². The van der Waals surface area contributed by atoms with Crippen molar-refractivity contribution in [2.24, 2.45) is 11.0 Å². The molecule has 3 atom stereocenters. The molecule has 2 heterocycles. The van der Waals surface area contributed by atoms with Crippen molar-refractivity contribution in [1.82, 2.24) is 20.3 Å². The third-order valence-electron chi connectivity index (χ3n) is 6.67. The van der Waals surface area contributed by atoms with Crippen LogP contribution in [0.2, 0.25) is 0 Å². The van der Waals surface area contributed by atoms with Crippen LogP contribution in [-0.4, -0.2) is 45.7 Å². The monoisotopic (exact) mass is 499 g/mol. The molecule has 2 N–H and O–H groups in total. The highest BCUT2D eigenvalue weighted by Crippen LogP contribution is 2.38. The van der Waals surface area contributed by atoms with Gasteiger partial charge in [-0.05, 0) is 62.3 Å². The molecule has 12 heteroatoms. The molecule has 1 aromatic carbocycles. The number of halogens is 3. The molecule has 9 nitrogen and oxygen atoms in total. The van der Waals surface area contributed by atoms with E-state index < -0.39 is 30.6 Å². The van der Waals surface area contributed by atoms with Crippen molar-refractivity contribution >= 4 is 16.9 Å². The van der Waals surface area contributed by atoms with Gasteiger partial charge in [0.25, 0.3) is 12.3 Å². The number of benzene rings is 1. The van der Waals surface area contributed by atoms with E-state index in [1.165, 1.54) is 24.5 Å². The number of alkyl halides is 3. The number of carbonyl (C=O) groups excluding carboxylic acids is 1. The maximum atomic E-state index is 14.4. The summed E-state index contributed by atoms with van der Waals surface area (Å²) in [5.74, 6) is 0.332. The molecule has 2 aliphatic rings. The van der Waals surface area contributed by atoms with Crippen LogP contribution in [0.1, 0.15) is 53.7 Å². The molecule has 5 rings (SSSR count). The summed E-state index contributed by atoms with van der Waals surface area (Å²) in [4.78, 5) is 27.6. The molecule has 0 aliphatic heterocycles. The van der Waals surface area contributed by atoms with Gasteiger partial charge in [-0.1, -0.05) is 5.11 Å². The number of ether oxygens (including phenoxy) is 1. The SMILES string of the molecule is Cc1[nH]c2c(-c3cc(C(F)F)ccc3OCC3CC3)ncnc2c1C(=O)N[C@@H]1C[C@@H](N=[N+]=[N-])C[C@H]1F. The maximum Gasteiger partial charge on any atom is 0.263 e. The summed E-state index contributed by atoms with van der Waals surface area (Å²) in [5, 5.41) is 6.25. The van der Waals surface area contributed by atoms with Gasteiger partial charge in [0.1, 0.15) is 29.5 Å². The van der Waals surface area contributed by atoms with Crippen molar-refractivity contribution < 1.29 is 22.7 Å². The zero-order valence-corrected chi connectivity index (χ0v) is 19.4. The lowest BCUT2D eigenvalue weighted by molar-refractivity contribution is 0.0920. The zero-order chi connectivity index (χ0) is 25.4. The van der Waals surface area contributed by atoms with E-state index in [0.29, 0.717) is 40.7 Å². The Labute approximate surface area is 204 Å². The zero-order valence-electron chi connectivity index (χ0n) is 19.4. The predicted molar refractivity (Wildman–Crippen MR) is 126 cm³/mol. The topological polar surface area (TPSA) is 129 Å². The highest BCUT2D eigenvalue weighted by Gasteiger charge is 2.36. The van der Waals surface area contributed by atoms with Crippen molar-refractivity contribution in [3.05, 3.63) is 51.8 Å². The lowest BCUT2D eigenvalue weighted by Crippen LogP contribution is -2.38. The average Bonchev–Trinajstić information content (AvgIpc) is 3.53. The number of aromatic nitrogens is 3. The summed E-state index contributed by atoms with van der Waals surface area (Å²) in [6.07, 6.45) is -0.393. The van der Waals surface area contributed by atoms with E-state index in [4.69, 9.17) is 10.3 Å². The van der Waals surface area contributed by atoms with Crippen molar-refractivity contribution in [3.8, 4) is 17.0 Å². The Bertz CT molecular complexity index is 1350. The van der Waals surface area contributed by atoms with Gasteiger partial charge in [-0.25, -0.2) is 23.1 Å². The highest BCUT2D eigenvalue weighted by atomic mass is 19.3. The fourth-order valence-electron chi connectivity index (χ4n) is 4.61. The summed E-state index contributed by atoms with van der Waals surface area (Å²) in [6.45, 7) is 2.15. The van der Waals surface area contributed by atoms with Crippen molar-refractivity contribution in [3.63, 3.8) is 0 Å². The minimum atomic E-state index is -2.68. The van der Waals surface area contributed by atoms with E-state index in [-0.39, 0.29) is 29.5 Å². The largest absolute Gasteiger partial charge is 0.493 e. The molecular weight excluding hydrogens is 475 g/mol. The first kappa shape index (κ1) is 23.9. The van der Waals surface area contributed by atoms with Crippen LogP contribution in [0.3, 0.4) is 0 Å². The lowest BCUT2D eigenvalue weighted by atomic mass is 10.0. The lowest BCUT2D eigenvalue weighted by Gasteiger charge is -2.15. The number of fused-ring (bicyclic) bond motifs is 1. The number of amides is 1. The minimum absolute atomic E-state index is 0.0400. The second-order valence-corrected chi connectivity index (χ2v) is 9.31. The molecular formula is C24H24F3N7O2. The molecule has 3 aromatic rings. The first-order valence-electron chi connectivity index (χ1n) is 11.7. The second-order valence-electron chi connectivity index (χ2n) is 9.31. The normalized spacial score (nSPS) is 21.5. The van der Waals surface area contributed by atoms with Crippen LogP contribution in [0.25, 0.3) is 32.7 Å². The van der Waals surface area contributed by atoms with Crippen LogP contribution >= 0.6 is 0 Å². The number of nitrogens with one attached hydrogen (secondary N) is 2. The van der Waals surface area contributed by atoms with Crippen LogP contribution in [0.5, 0.6) is 5.75 Å². The molecule has 0 radical (unpaired) electrons. The van der Waals surface area contributed by atoms with Crippen LogP contribution < -0.4 is 10.1 Å². The number of hydrogen-bond acceptors (Lipinski definition) is 5. The third kappa shape index (κ3) is 4.68. The molecule has 36 heavy (non-hydrogen) atoms. The van der Waals surface area contributed by atoms with E-state index in [0.717, 1.165) is 12.8 Å². The number of aromatic amines is 1. The molecule has 188 valence electrons. The number of carbonyl (C=O) groups is 1. The molecule has 0 spiro atoms. The van der Waals surface area contributed by atoms with Gasteiger partial charge in [0, 0.05) is 27.8 Å². The quantitative estimate of drug-likeness (QED) is 0.238. The summed E-state index contributed by atoms with van der Waals surface area (Å²) in [7, 11) is 0. The summed E-state index contributed by atoms with van der Waals surface area (Å²) < 4.78 is 47.4. The van der Waals surface area contributed by atoms with Gasteiger partial charge in [0.05, 0.1) is 23.7 Å². The number of aryl methyl sites for hydroxylation is 1. The average molecular weight is 499 g/mol. The van der Waals surface area contributed by atoms with Crippen molar-refractivity contribution in [2.75, 3.05) is 6.61 Å². The smallest absolute Gasteiger partial charge is 0.263 e. The van der Waals surface area contributed by atoms with E-state index in [1.807, 2.05) is 0 Å². The van der Waals surface area contributed by atoms with E-state index >= 15 is 0 Å². The van der Waals surface area contributed by atoms with E-state index in [2.05, 4.69) is 30.3 Å². The Kier molecular flexibility index (Phi) is 6.44. The minimum Gasteiger partial charge on any atom is -0.493 e. The first-order valence-corrected chi connectivity index (χ1v) is 11.7. The van der Waals surface area contributed by atoms with E-state index in [1.54, 1.807) is 6.92 Å². The van der Waals surface area contributed by atoms with Crippen LogP contribution in [0, 0.1) is 12.8 Å². The van der Waals surface area contributed by atoms with Crippen LogP contribution in [0.4, 0.5) is 13.2 Å². The van der Waals surface area contributed by atoms with Gasteiger partial charge in [-0.3, -0.25) is 4.79 Å². The third-order valence-corrected chi connectivity index (χ3v) is 6.67. The molecule has 2 saturated carbocycles. The molecule has 2 aromatic heterocycles. The fourth-order valence-corrected chi connectivity index (χ4v) is 4.61. The number of nitrogens with zero attached hydrogens (tertiary/aromatic N) is 5. The fraction of sp³-hybridized carbons (Fsp3) is 0.458. The Morgan fingerprint density at radius 1 is 1.33 bits per heavy atom. The van der Waals surface area contributed by atoms with Gasteiger partial charge >= 0.3 is 0 Å². The summed E-state index contributed by atoms with van der Waals surface area (Å²) >= 11 is 0. The molecule has 0 bridgehead atoms. The summed E-state index contributed by atoms with van der Waals surface area (Å²) in [6, 6.07) is 2.85. The standard InChI is InChI=1S/C24H24F3N7O2/c1-11-19(24(35)32-17-8-14(33-34-28)7-16(17)25)21-22(31-11)20(29-10-30-21)15-6-13(23(26)27)4-5-18(15)36-9-12-2-3-12/h4-6,10,12,14,16-17,23,31H,2-3,7-9H2,1H3,(H,32,35)/t14-,16+,17+/m0/s1. The Morgan fingerprint density at radius 2 is 2.14 bits per heavy atom. The van der Waals surface area contributed by atoms with Gasteiger partial charge in [0.2, 0.25) is 0 Å². The molecule has 0 saturated heterocycles. The van der Waals surface area contributed by atoms with Gasteiger partial charge < -0.3 is 15.0 Å². The predicted octanol–water partition coefficient (Wildman–Crippen LogP) is 5.57. The number of hydrogen-bond donors (Lipinski definition) is 2. The Morgan fingerprint density at radius 3 is 2.86 bits per heavy atom. The van der Waals surface area contributed by atoms with Crippen molar-refractivity contribution in [2.45, 2.75) is 57.3 Å².